The average Bonchev–Trinajstić information content (AvgIpc) is 2.99. The van der Waals surface area contributed by atoms with Crippen LogP contribution in [0.4, 0.5) is 5.82 Å². The maximum atomic E-state index is 5.93. The van der Waals surface area contributed by atoms with Gasteiger partial charge in [-0.15, -0.1) is 22.7 Å². The standard InChI is InChI=1S/C12H12N4S3/c1-7-9(19-6-14-7)3-5-18-12-15-10(13)8-2-4-17-11(8)16-12/h2,4,6H,3,5H2,1H3,(H2,13,15,16). The first-order valence-electron chi connectivity index (χ1n) is 5.76. The molecule has 3 heterocycles. The summed E-state index contributed by atoms with van der Waals surface area (Å²) in [6.07, 6.45) is 0.993. The van der Waals surface area contributed by atoms with Gasteiger partial charge >= 0.3 is 0 Å². The molecule has 0 spiro atoms. The van der Waals surface area contributed by atoms with Gasteiger partial charge in [-0.05, 0) is 24.8 Å². The Kier molecular flexibility index (Phi) is 3.67. The lowest BCUT2D eigenvalue weighted by Crippen LogP contribution is -1.96. The molecule has 0 aliphatic heterocycles. The van der Waals surface area contributed by atoms with E-state index in [1.54, 1.807) is 34.4 Å². The highest BCUT2D eigenvalue weighted by molar-refractivity contribution is 7.99. The summed E-state index contributed by atoms with van der Waals surface area (Å²) in [6, 6.07) is 1.96. The van der Waals surface area contributed by atoms with E-state index in [1.165, 1.54) is 4.88 Å². The minimum absolute atomic E-state index is 0.572. The molecule has 0 amide bonds. The van der Waals surface area contributed by atoms with Gasteiger partial charge in [0.05, 0.1) is 16.6 Å². The van der Waals surface area contributed by atoms with E-state index in [2.05, 4.69) is 15.0 Å². The lowest BCUT2D eigenvalue weighted by Gasteiger charge is -2.02. The maximum Gasteiger partial charge on any atom is 0.190 e. The van der Waals surface area contributed by atoms with Gasteiger partial charge in [0.1, 0.15) is 10.6 Å². The number of nitrogens with zero attached hydrogens (tertiary/aromatic N) is 3. The normalized spacial score (nSPS) is 11.2. The van der Waals surface area contributed by atoms with Crippen molar-refractivity contribution in [2.75, 3.05) is 11.5 Å². The Balaban J connectivity index is 1.70. The van der Waals surface area contributed by atoms with Crippen LogP contribution in [0, 0.1) is 6.92 Å². The topological polar surface area (TPSA) is 64.7 Å². The van der Waals surface area contributed by atoms with Gasteiger partial charge in [-0.1, -0.05) is 11.8 Å². The summed E-state index contributed by atoms with van der Waals surface area (Å²) in [5.74, 6) is 1.52. The highest BCUT2D eigenvalue weighted by atomic mass is 32.2. The number of hydrogen-bond donors (Lipinski definition) is 1. The molecule has 3 aromatic heterocycles. The van der Waals surface area contributed by atoms with Gasteiger partial charge in [0.25, 0.3) is 0 Å². The lowest BCUT2D eigenvalue weighted by molar-refractivity contribution is 1.01. The predicted octanol–water partition coefficient (Wildman–Crippen LogP) is 3.37. The average molecular weight is 308 g/mol. The predicted molar refractivity (Wildman–Crippen MR) is 83.1 cm³/mol. The van der Waals surface area contributed by atoms with Crippen molar-refractivity contribution >= 4 is 50.5 Å². The Hall–Kier alpha value is -1.18. The van der Waals surface area contributed by atoms with Gasteiger partial charge in [0, 0.05) is 10.6 Å². The Bertz CT molecular complexity index is 704. The Labute approximate surface area is 123 Å². The molecule has 0 atom stereocenters. The molecule has 0 aliphatic carbocycles. The first-order valence-corrected chi connectivity index (χ1v) is 8.51. The summed E-state index contributed by atoms with van der Waals surface area (Å²) in [7, 11) is 0. The first-order chi connectivity index (χ1) is 9.24. The fourth-order valence-electron chi connectivity index (χ4n) is 1.72. The summed E-state index contributed by atoms with van der Waals surface area (Å²) in [6.45, 7) is 2.04. The highest BCUT2D eigenvalue weighted by Crippen LogP contribution is 2.26. The third kappa shape index (κ3) is 2.72. The van der Waals surface area contributed by atoms with Gasteiger partial charge in [0.15, 0.2) is 5.16 Å². The van der Waals surface area contributed by atoms with Crippen molar-refractivity contribution in [2.24, 2.45) is 0 Å². The number of nitrogen functional groups attached to an aromatic ring is 1. The summed E-state index contributed by atoms with van der Waals surface area (Å²) in [5, 5.41) is 3.70. The molecule has 19 heavy (non-hydrogen) atoms. The SMILES string of the molecule is Cc1ncsc1CCSc1nc(N)c2ccsc2n1. The maximum absolute atomic E-state index is 5.93. The van der Waals surface area contributed by atoms with Gasteiger partial charge in [0.2, 0.25) is 0 Å². The molecular formula is C12H12N4S3. The number of aromatic nitrogens is 3. The van der Waals surface area contributed by atoms with Gasteiger partial charge in [-0.2, -0.15) is 0 Å². The molecule has 0 bridgehead atoms. The summed E-state index contributed by atoms with van der Waals surface area (Å²) >= 11 is 4.94. The first kappa shape index (κ1) is 12.8. The molecule has 0 saturated heterocycles. The van der Waals surface area contributed by atoms with Gasteiger partial charge in [-0.3, -0.25) is 0 Å². The van der Waals surface area contributed by atoms with Crippen molar-refractivity contribution in [3.8, 4) is 0 Å². The number of aryl methyl sites for hydroxylation is 2. The van der Waals surface area contributed by atoms with Gasteiger partial charge in [-0.25, -0.2) is 15.0 Å². The van der Waals surface area contributed by atoms with Crippen molar-refractivity contribution in [3.05, 3.63) is 27.5 Å². The van der Waals surface area contributed by atoms with Crippen LogP contribution in [0.3, 0.4) is 0 Å². The number of nitrogens with two attached hydrogens (primary N) is 1. The largest absolute Gasteiger partial charge is 0.383 e. The number of thiophene rings is 1. The fourth-order valence-corrected chi connectivity index (χ4v) is 4.27. The van der Waals surface area contributed by atoms with Crippen LogP contribution >= 0.6 is 34.4 Å². The smallest absolute Gasteiger partial charge is 0.190 e. The van der Waals surface area contributed by atoms with Crippen LogP contribution < -0.4 is 5.73 Å². The van der Waals surface area contributed by atoms with Crippen molar-refractivity contribution in [3.63, 3.8) is 0 Å². The molecule has 0 radical (unpaired) electrons. The van der Waals surface area contributed by atoms with Crippen LogP contribution in [0.15, 0.2) is 22.1 Å². The Morgan fingerprint density at radius 2 is 2.21 bits per heavy atom. The highest BCUT2D eigenvalue weighted by Gasteiger charge is 2.07. The zero-order chi connectivity index (χ0) is 13.2. The van der Waals surface area contributed by atoms with E-state index >= 15 is 0 Å². The van der Waals surface area contributed by atoms with E-state index < -0.39 is 0 Å². The second-order valence-corrected chi connectivity index (χ2v) is 6.89. The van der Waals surface area contributed by atoms with E-state index in [4.69, 9.17) is 5.73 Å². The minimum Gasteiger partial charge on any atom is -0.383 e. The van der Waals surface area contributed by atoms with Crippen molar-refractivity contribution in [2.45, 2.75) is 18.5 Å². The quantitative estimate of drug-likeness (QED) is 0.591. The molecule has 0 fully saturated rings. The number of hydrogen-bond acceptors (Lipinski definition) is 7. The Morgan fingerprint density at radius 1 is 1.32 bits per heavy atom. The van der Waals surface area contributed by atoms with E-state index in [1.807, 2.05) is 23.9 Å². The molecule has 2 N–H and O–H groups in total. The third-order valence-corrected chi connectivity index (χ3v) is 5.39. The molecular weight excluding hydrogens is 296 g/mol. The van der Waals surface area contributed by atoms with E-state index in [-0.39, 0.29) is 0 Å². The molecule has 98 valence electrons. The molecule has 7 heteroatoms. The molecule has 0 aromatic carbocycles. The lowest BCUT2D eigenvalue weighted by atomic mass is 10.3. The van der Waals surface area contributed by atoms with Crippen LogP contribution in [0.25, 0.3) is 10.2 Å². The number of thiazole rings is 1. The Morgan fingerprint density at radius 3 is 3.00 bits per heavy atom. The van der Waals surface area contributed by atoms with Crippen LogP contribution in [0.2, 0.25) is 0 Å². The van der Waals surface area contributed by atoms with Crippen molar-refractivity contribution in [1.82, 2.24) is 15.0 Å². The van der Waals surface area contributed by atoms with E-state index in [0.717, 1.165) is 33.2 Å². The second-order valence-electron chi connectivity index (χ2n) is 3.99. The van der Waals surface area contributed by atoms with Crippen LogP contribution in [0.1, 0.15) is 10.6 Å². The fraction of sp³-hybridized carbons (Fsp3) is 0.250. The molecule has 0 saturated carbocycles. The van der Waals surface area contributed by atoms with Crippen LogP contribution in [-0.4, -0.2) is 20.7 Å². The van der Waals surface area contributed by atoms with Crippen molar-refractivity contribution < 1.29 is 0 Å². The zero-order valence-corrected chi connectivity index (χ0v) is 12.7. The minimum atomic E-state index is 0.572. The number of thioether (sulfide) groups is 1. The number of rotatable bonds is 4. The zero-order valence-electron chi connectivity index (χ0n) is 10.3. The summed E-state index contributed by atoms with van der Waals surface area (Å²) < 4.78 is 0. The second kappa shape index (κ2) is 5.44. The van der Waals surface area contributed by atoms with Crippen LogP contribution in [0.5, 0.6) is 0 Å². The molecule has 0 unspecified atom stereocenters. The summed E-state index contributed by atoms with van der Waals surface area (Å²) in [5.41, 5.74) is 8.94. The van der Waals surface area contributed by atoms with Gasteiger partial charge < -0.3 is 5.73 Å². The van der Waals surface area contributed by atoms with E-state index in [9.17, 15) is 0 Å². The van der Waals surface area contributed by atoms with E-state index in [0.29, 0.717) is 5.82 Å². The molecule has 4 nitrogen and oxygen atoms in total. The molecule has 3 rings (SSSR count). The summed E-state index contributed by atoms with van der Waals surface area (Å²) in [4.78, 5) is 15.4. The number of anilines is 1. The monoisotopic (exact) mass is 308 g/mol. The number of fused-ring (bicyclic) bond motifs is 1. The molecule has 0 aliphatic rings. The van der Waals surface area contributed by atoms with Crippen LogP contribution in [-0.2, 0) is 6.42 Å². The third-order valence-electron chi connectivity index (χ3n) is 2.74. The molecule has 3 aromatic rings. The van der Waals surface area contributed by atoms with Crippen molar-refractivity contribution in [1.29, 1.82) is 0 Å².